The molecule has 3 heterocycles. The van der Waals surface area contributed by atoms with Crippen LogP contribution in [0.1, 0.15) is 57.2 Å². The van der Waals surface area contributed by atoms with E-state index in [1.54, 1.807) is 10.9 Å². The minimum absolute atomic E-state index is 0.0627. The van der Waals surface area contributed by atoms with Gasteiger partial charge in [0.1, 0.15) is 0 Å². The van der Waals surface area contributed by atoms with Gasteiger partial charge in [-0.1, -0.05) is 26.8 Å². The van der Waals surface area contributed by atoms with Crippen LogP contribution in [0.3, 0.4) is 0 Å². The quantitative estimate of drug-likeness (QED) is 0.759. The van der Waals surface area contributed by atoms with E-state index < -0.39 is 0 Å². The number of aliphatic imine (C=N–C) groups is 1. The van der Waals surface area contributed by atoms with E-state index in [4.69, 9.17) is 10.1 Å². The van der Waals surface area contributed by atoms with Gasteiger partial charge in [0.25, 0.3) is 0 Å². The van der Waals surface area contributed by atoms with Gasteiger partial charge < -0.3 is 10.0 Å². The molecule has 0 spiro atoms. The van der Waals surface area contributed by atoms with Crippen molar-refractivity contribution in [1.29, 1.82) is 0 Å². The molecule has 0 aliphatic carbocycles. The van der Waals surface area contributed by atoms with Crippen molar-refractivity contribution in [2.45, 2.75) is 52.6 Å². The number of hydrogen-bond acceptors (Lipinski definition) is 5. The first-order valence-corrected chi connectivity index (χ1v) is 10.0. The Bertz CT molecular complexity index is 884. The molecule has 150 valence electrons. The van der Waals surface area contributed by atoms with Crippen LogP contribution in [0.4, 0.5) is 0 Å². The fourth-order valence-corrected chi connectivity index (χ4v) is 3.46. The van der Waals surface area contributed by atoms with Crippen molar-refractivity contribution >= 4 is 11.4 Å². The molecular formula is C21H30N6O. The number of nitrogens with zero attached hydrogens (tertiary/aromatic N) is 6. The fraction of sp³-hybridized carbons (Fsp3) is 0.476. The summed E-state index contributed by atoms with van der Waals surface area (Å²) >= 11 is 0. The van der Waals surface area contributed by atoms with Gasteiger partial charge in [0.05, 0.1) is 48.7 Å². The average molecular weight is 383 g/mol. The molecule has 0 radical (unpaired) electrons. The van der Waals surface area contributed by atoms with E-state index in [-0.39, 0.29) is 6.61 Å². The molecule has 1 aliphatic rings. The zero-order valence-electron chi connectivity index (χ0n) is 17.2. The highest BCUT2D eigenvalue weighted by molar-refractivity contribution is 6.15. The largest absolute Gasteiger partial charge is 0.394 e. The molecular weight excluding hydrogens is 352 g/mol. The third-order valence-corrected chi connectivity index (χ3v) is 5.02. The predicted octanol–water partition coefficient (Wildman–Crippen LogP) is 3.46. The van der Waals surface area contributed by atoms with E-state index in [0.717, 1.165) is 47.5 Å². The molecule has 7 nitrogen and oxygen atoms in total. The zero-order chi connectivity index (χ0) is 20.1. The standard InChI is InChI=1S/C21H30N6O/c1-5-8-20-21(17-12-23-27(14-17)18(6-2)7-3)24-19(15-25(20)4)16-11-22-26(13-16)9-10-28/h8,11-15,18,28H,5-7,9-10H2,1-4H3/b20-8-. The molecule has 0 atom stereocenters. The Labute approximate surface area is 166 Å². The Balaban J connectivity index is 2.00. The Morgan fingerprint density at radius 1 is 1.07 bits per heavy atom. The maximum Gasteiger partial charge on any atom is 0.0974 e. The van der Waals surface area contributed by atoms with Crippen molar-refractivity contribution in [2.24, 2.45) is 4.99 Å². The summed E-state index contributed by atoms with van der Waals surface area (Å²) in [4.78, 5) is 7.08. The van der Waals surface area contributed by atoms with Crippen LogP contribution in [-0.4, -0.2) is 48.9 Å². The first kappa shape index (κ1) is 20.1. The first-order valence-electron chi connectivity index (χ1n) is 10.0. The molecule has 3 rings (SSSR count). The molecule has 7 heteroatoms. The second-order valence-electron chi connectivity index (χ2n) is 6.98. The Morgan fingerprint density at radius 3 is 2.50 bits per heavy atom. The summed E-state index contributed by atoms with van der Waals surface area (Å²) in [5.74, 6) is 0. The minimum Gasteiger partial charge on any atom is -0.394 e. The number of hydrogen-bond donors (Lipinski definition) is 1. The molecule has 0 aromatic carbocycles. The smallest absolute Gasteiger partial charge is 0.0974 e. The van der Waals surface area contributed by atoms with Crippen molar-refractivity contribution < 1.29 is 5.11 Å². The van der Waals surface area contributed by atoms with Crippen LogP contribution in [0.25, 0.3) is 5.70 Å². The van der Waals surface area contributed by atoms with Gasteiger partial charge in [-0.05, 0) is 19.3 Å². The molecule has 1 N–H and O–H groups in total. The summed E-state index contributed by atoms with van der Waals surface area (Å²) < 4.78 is 3.78. The first-order chi connectivity index (χ1) is 13.6. The van der Waals surface area contributed by atoms with Gasteiger partial charge >= 0.3 is 0 Å². The van der Waals surface area contributed by atoms with Crippen LogP contribution in [-0.2, 0) is 6.54 Å². The van der Waals surface area contributed by atoms with Gasteiger partial charge in [0.2, 0.25) is 0 Å². The lowest BCUT2D eigenvalue weighted by molar-refractivity contribution is 0.269. The van der Waals surface area contributed by atoms with Gasteiger partial charge in [0.15, 0.2) is 0 Å². The summed E-state index contributed by atoms with van der Waals surface area (Å²) in [7, 11) is 2.04. The SMILES string of the molecule is CC/C=C1/C(c2cnn(C(CC)CC)c2)=NC(c2cnn(CCO)c2)=CN1C. The lowest BCUT2D eigenvalue weighted by Crippen LogP contribution is -2.23. The zero-order valence-corrected chi connectivity index (χ0v) is 17.2. The van der Waals surface area contributed by atoms with Crippen LogP contribution < -0.4 is 0 Å². The molecule has 0 saturated heterocycles. The van der Waals surface area contributed by atoms with E-state index in [2.05, 4.69) is 52.8 Å². The van der Waals surface area contributed by atoms with Crippen molar-refractivity contribution in [3.05, 3.63) is 53.9 Å². The molecule has 0 fully saturated rings. The molecule has 2 aromatic rings. The van der Waals surface area contributed by atoms with E-state index in [0.29, 0.717) is 12.6 Å². The minimum atomic E-state index is 0.0627. The Kier molecular flexibility index (Phi) is 6.46. The third-order valence-electron chi connectivity index (χ3n) is 5.02. The van der Waals surface area contributed by atoms with Crippen LogP contribution in [0.15, 0.2) is 47.8 Å². The molecule has 28 heavy (non-hydrogen) atoms. The Morgan fingerprint density at radius 2 is 1.82 bits per heavy atom. The average Bonchev–Trinajstić information content (AvgIpc) is 3.35. The van der Waals surface area contributed by atoms with E-state index in [9.17, 15) is 0 Å². The highest BCUT2D eigenvalue weighted by atomic mass is 16.3. The van der Waals surface area contributed by atoms with Gasteiger partial charge in [-0.25, -0.2) is 4.99 Å². The fourth-order valence-electron chi connectivity index (χ4n) is 3.46. The second kappa shape index (κ2) is 9.01. The normalized spacial score (nSPS) is 16.1. The maximum atomic E-state index is 9.13. The molecule has 0 bridgehead atoms. The summed E-state index contributed by atoms with van der Waals surface area (Å²) in [5, 5.41) is 18.0. The van der Waals surface area contributed by atoms with E-state index in [1.165, 1.54) is 0 Å². The molecule has 0 amide bonds. The number of aliphatic hydroxyl groups excluding tert-OH is 1. The summed E-state index contributed by atoms with van der Waals surface area (Å²) in [5.41, 5.74) is 4.81. The number of allylic oxidation sites excluding steroid dienone is 2. The summed E-state index contributed by atoms with van der Waals surface area (Å²) in [6, 6.07) is 0.404. The van der Waals surface area contributed by atoms with Crippen LogP contribution >= 0.6 is 0 Å². The third kappa shape index (κ3) is 4.09. The number of aromatic nitrogens is 4. The topological polar surface area (TPSA) is 71.5 Å². The van der Waals surface area contributed by atoms with Crippen molar-refractivity contribution in [3.63, 3.8) is 0 Å². The van der Waals surface area contributed by atoms with Crippen LogP contribution in [0.2, 0.25) is 0 Å². The van der Waals surface area contributed by atoms with Crippen molar-refractivity contribution in [1.82, 2.24) is 24.5 Å². The highest BCUT2D eigenvalue weighted by Crippen LogP contribution is 2.27. The molecule has 0 unspecified atom stereocenters. The van der Waals surface area contributed by atoms with Crippen LogP contribution in [0.5, 0.6) is 0 Å². The molecule has 1 aliphatic heterocycles. The van der Waals surface area contributed by atoms with Gasteiger partial charge in [-0.2, -0.15) is 10.2 Å². The number of likely N-dealkylation sites (N-methyl/N-ethyl adjacent to an activating group) is 1. The summed E-state index contributed by atoms with van der Waals surface area (Å²) in [6.07, 6.45) is 15.0. The molecule has 2 aromatic heterocycles. The van der Waals surface area contributed by atoms with Crippen molar-refractivity contribution in [2.75, 3.05) is 13.7 Å². The van der Waals surface area contributed by atoms with Gasteiger partial charge in [0, 0.05) is 36.8 Å². The van der Waals surface area contributed by atoms with E-state index >= 15 is 0 Å². The maximum absolute atomic E-state index is 9.13. The highest BCUT2D eigenvalue weighted by Gasteiger charge is 2.22. The van der Waals surface area contributed by atoms with Gasteiger partial charge in [-0.15, -0.1) is 0 Å². The van der Waals surface area contributed by atoms with E-state index in [1.807, 2.05) is 25.6 Å². The summed E-state index contributed by atoms with van der Waals surface area (Å²) in [6.45, 7) is 7.05. The lowest BCUT2D eigenvalue weighted by atomic mass is 10.1. The van der Waals surface area contributed by atoms with Gasteiger partial charge in [-0.3, -0.25) is 9.36 Å². The number of aliphatic hydroxyl groups is 1. The lowest BCUT2D eigenvalue weighted by Gasteiger charge is -2.25. The predicted molar refractivity (Wildman–Crippen MR) is 112 cm³/mol. The van der Waals surface area contributed by atoms with Crippen LogP contribution in [0, 0.1) is 0 Å². The monoisotopic (exact) mass is 382 g/mol. The Hall–Kier alpha value is -2.67. The second-order valence-corrected chi connectivity index (χ2v) is 6.98. The molecule has 0 saturated carbocycles. The van der Waals surface area contributed by atoms with Crippen molar-refractivity contribution in [3.8, 4) is 0 Å². The number of rotatable bonds is 8.